The van der Waals surface area contributed by atoms with Crippen LogP contribution in [0, 0.1) is 5.81 Å². The van der Waals surface area contributed by atoms with E-state index in [-0.39, 0.29) is 5.57 Å². The van der Waals surface area contributed by atoms with Gasteiger partial charge in [0.2, 0.25) is 0 Å². The van der Waals surface area contributed by atoms with Crippen LogP contribution in [0.3, 0.4) is 0 Å². The average molecular weight is 144 g/mol. The zero-order valence-electron chi connectivity index (χ0n) is 4.88. The molecular formula is C5H5O3P. The molecule has 9 heavy (non-hydrogen) atoms. The number of carbonyl (C=O) groups is 1. The Morgan fingerprint density at radius 3 is 2.67 bits per heavy atom. The molecule has 0 N–H and O–H groups in total. The third-order valence-electron chi connectivity index (χ3n) is 0.524. The van der Waals surface area contributed by atoms with Crippen LogP contribution in [0.2, 0.25) is 0 Å². The summed E-state index contributed by atoms with van der Waals surface area (Å²) < 4.78 is 13.8. The van der Waals surface area contributed by atoms with Gasteiger partial charge in [0.15, 0.2) is 0 Å². The summed E-state index contributed by atoms with van der Waals surface area (Å²) in [4.78, 5) is 10.4. The van der Waals surface area contributed by atoms with E-state index in [1.165, 1.54) is 6.92 Å². The van der Waals surface area contributed by atoms with E-state index in [0.717, 1.165) is 0 Å². The molecule has 0 aliphatic carbocycles. The molecule has 0 aliphatic rings. The van der Waals surface area contributed by atoms with Crippen molar-refractivity contribution in [2.24, 2.45) is 0 Å². The van der Waals surface area contributed by atoms with Crippen molar-refractivity contribution in [1.29, 1.82) is 0 Å². The van der Waals surface area contributed by atoms with Crippen molar-refractivity contribution in [2.75, 3.05) is 0 Å². The van der Waals surface area contributed by atoms with E-state index >= 15 is 0 Å². The van der Waals surface area contributed by atoms with Crippen LogP contribution in [-0.4, -0.2) is 5.97 Å². The van der Waals surface area contributed by atoms with E-state index in [1.807, 2.05) is 5.81 Å². The van der Waals surface area contributed by atoms with Gasteiger partial charge < -0.3 is 0 Å². The predicted molar refractivity (Wildman–Crippen MR) is 32.4 cm³/mol. The Morgan fingerprint density at radius 1 is 1.78 bits per heavy atom. The van der Waals surface area contributed by atoms with Crippen LogP contribution >= 0.6 is 7.92 Å². The molecule has 0 spiro atoms. The van der Waals surface area contributed by atoms with Gasteiger partial charge in [-0.05, 0) is 0 Å². The van der Waals surface area contributed by atoms with Gasteiger partial charge in [0, 0.05) is 0 Å². The molecule has 0 amide bonds. The molecule has 4 heteroatoms. The second-order valence-electron chi connectivity index (χ2n) is 1.35. The molecule has 0 radical (unpaired) electrons. The summed E-state index contributed by atoms with van der Waals surface area (Å²) in [5.41, 5.74) is 0.256. The summed E-state index contributed by atoms with van der Waals surface area (Å²) in [6, 6.07) is 0. The Labute approximate surface area is 53.8 Å². The summed E-state index contributed by atoms with van der Waals surface area (Å²) in [5.74, 6) is 1.22. The maximum absolute atomic E-state index is 10.4. The SMILES string of the molecule is C=C(C)C(=O)OC#P=O. The average Bonchev–Trinajstić information content (AvgIpc) is 1.82. The van der Waals surface area contributed by atoms with Gasteiger partial charge in [-0.1, -0.05) is 0 Å². The molecule has 0 aromatic heterocycles. The van der Waals surface area contributed by atoms with Gasteiger partial charge in [-0.15, -0.1) is 0 Å². The van der Waals surface area contributed by atoms with E-state index in [1.54, 1.807) is 0 Å². The first kappa shape index (κ1) is 8.22. The Bertz CT molecular complexity index is 224. The van der Waals surface area contributed by atoms with Crippen LogP contribution in [0.1, 0.15) is 6.92 Å². The predicted octanol–water partition coefficient (Wildman–Crippen LogP) is 1.31. The number of rotatable bonds is 1. The van der Waals surface area contributed by atoms with Gasteiger partial charge in [-0.3, -0.25) is 0 Å². The molecule has 0 unspecified atom stereocenters. The molecule has 3 nitrogen and oxygen atoms in total. The fourth-order valence-electron chi connectivity index (χ4n) is 0.147. The van der Waals surface area contributed by atoms with Gasteiger partial charge in [0.1, 0.15) is 0 Å². The second kappa shape index (κ2) is 4.13. The van der Waals surface area contributed by atoms with E-state index in [0.29, 0.717) is 0 Å². The van der Waals surface area contributed by atoms with E-state index < -0.39 is 13.9 Å². The van der Waals surface area contributed by atoms with Crippen LogP contribution in [0.4, 0.5) is 0 Å². The van der Waals surface area contributed by atoms with E-state index in [4.69, 9.17) is 0 Å². The van der Waals surface area contributed by atoms with Crippen molar-refractivity contribution in [3.05, 3.63) is 12.2 Å². The minimum atomic E-state index is -0.613. The molecule has 0 saturated heterocycles. The molecule has 48 valence electrons. The quantitative estimate of drug-likeness (QED) is 0.316. The molecule has 0 atom stereocenters. The Morgan fingerprint density at radius 2 is 2.33 bits per heavy atom. The van der Waals surface area contributed by atoms with Crippen molar-refractivity contribution < 1.29 is 14.1 Å². The van der Waals surface area contributed by atoms with Crippen molar-refractivity contribution in [3.63, 3.8) is 0 Å². The first-order valence-corrected chi connectivity index (χ1v) is 2.93. The molecule has 0 rings (SSSR count). The van der Waals surface area contributed by atoms with Crippen LogP contribution in [0.5, 0.6) is 0 Å². The number of hydrogen-bond acceptors (Lipinski definition) is 3. The summed E-state index contributed by atoms with van der Waals surface area (Å²) in [7, 11) is -0.439. The van der Waals surface area contributed by atoms with Gasteiger partial charge in [-0.2, -0.15) is 0 Å². The summed E-state index contributed by atoms with van der Waals surface area (Å²) >= 11 is 0. The maximum atomic E-state index is 10.4. The number of hydrogen-bond donors (Lipinski definition) is 0. The monoisotopic (exact) mass is 144 g/mol. The van der Waals surface area contributed by atoms with Crippen molar-refractivity contribution in [3.8, 4) is 5.81 Å². The van der Waals surface area contributed by atoms with Gasteiger partial charge in [-0.25, -0.2) is 0 Å². The molecule has 0 bridgehead atoms. The van der Waals surface area contributed by atoms with E-state index in [2.05, 4.69) is 11.3 Å². The third kappa shape index (κ3) is 3.77. The summed E-state index contributed by atoms with van der Waals surface area (Å²) in [6.07, 6.45) is 0. The van der Waals surface area contributed by atoms with Crippen molar-refractivity contribution >= 4 is 13.9 Å². The van der Waals surface area contributed by atoms with Crippen LogP contribution in [0.15, 0.2) is 12.2 Å². The minimum absolute atomic E-state index is 0.256. The Kier molecular flexibility index (Phi) is 3.78. The molecule has 0 aromatic carbocycles. The number of carbonyl (C=O) groups excluding carboxylic acids is 1. The van der Waals surface area contributed by atoms with Crippen LogP contribution in [0.25, 0.3) is 0 Å². The fraction of sp³-hybridized carbons (Fsp3) is 0.200. The molecular weight excluding hydrogens is 139 g/mol. The van der Waals surface area contributed by atoms with E-state index in [9.17, 15) is 9.36 Å². The van der Waals surface area contributed by atoms with Crippen molar-refractivity contribution in [1.82, 2.24) is 0 Å². The molecule has 0 aliphatic heterocycles. The number of esters is 1. The number of ether oxygens (including phenoxy) is 1. The van der Waals surface area contributed by atoms with Crippen molar-refractivity contribution in [2.45, 2.75) is 6.92 Å². The van der Waals surface area contributed by atoms with Crippen LogP contribution < -0.4 is 0 Å². The fourth-order valence-corrected chi connectivity index (χ4v) is 0.267. The summed E-state index contributed by atoms with van der Waals surface area (Å²) in [5, 5.41) is 0. The zero-order chi connectivity index (χ0) is 7.28. The first-order chi connectivity index (χ1) is 4.18. The van der Waals surface area contributed by atoms with Gasteiger partial charge in [0.05, 0.1) is 0 Å². The first-order valence-electron chi connectivity index (χ1n) is 2.12. The topological polar surface area (TPSA) is 43.4 Å². The molecule has 0 fully saturated rings. The normalized spacial score (nSPS) is 7.22. The molecule has 0 aromatic rings. The Balaban J connectivity index is 3.88. The molecule has 0 heterocycles. The standard InChI is InChI=1S/C5H5O3P/c1-4(2)5(6)8-3-9-7/h1H2,2H3. The van der Waals surface area contributed by atoms with Crippen LogP contribution in [-0.2, 0) is 14.1 Å². The van der Waals surface area contributed by atoms with Gasteiger partial charge in [0.25, 0.3) is 0 Å². The third-order valence-corrected chi connectivity index (χ3v) is 0.690. The zero-order valence-corrected chi connectivity index (χ0v) is 5.77. The van der Waals surface area contributed by atoms with Gasteiger partial charge >= 0.3 is 52.9 Å². The molecule has 0 saturated carbocycles. The summed E-state index contributed by atoms with van der Waals surface area (Å²) in [6.45, 7) is 4.78. The Hall–Kier alpha value is -0.780. The second-order valence-corrected chi connectivity index (χ2v) is 1.72.